The van der Waals surface area contributed by atoms with Crippen LogP contribution in [-0.4, -0.2) is 14.9 Å². The van der Waals surface area contributed by atoms with Crippen molar-refractivity contribution >= 4 is 40.7 Å². The first-order chi connectivity index (χ1) is 9.47. The molecule has 0 spiro atoms. The van der Waals surface area contributed by atoms with Gasteiger partial charge in [0.25, 0.3) is 0 Å². The summed E-state index contributed by atoms with van der Waals surface area (Å²) >= 11 is 12.8. The molecule has 8 heteroatoms. The Morgan fingerprint density at radius 1 is 1.25 bits per heavy atom. The zero-order valence-corrected chi connectivity index (χ0v) is 12.7. The number of thioether (sulfide) groups is 1. The molecule has 0 radical (unpaired) electrons. The number of halogens is 2. The van der Waals surface area contributed by atoms with Crippen LogP contribution in [-0.2, 0) is 5.75 Å². The van der Waals surface area contributed by atoms with Crippen LogP contribution in [0.25, 0.3) is 0 Å². The maximum atomic E-state index is 11.1. The predicted molar refractivity (Wildman–Crippen MR) is 79.4 cm³/mol. The van der Waals surface area contributed by atoms with Gasteiger partial charge >= 0.3 is 5.69 Å². The smallest absolute Gasteiger partial charge is 0.258 e. The van der Waals surface area contributed by atoms with Crippen molar-refractivity contribution in [1.29, 1.82) is 0 Å². The number of hydrogen-bond donors (Lipinski definition) is 0. The molecule has 0 aliphatic rings. The molecule has 0 saturated carbocycles. The molecular weight excluding hydrogens is 321 g/mol. The van der Waals surface area contributed by atoms with Crippen molar-refractivity contribution in [3.05, 3.63) is 55.9 Å². The first kappa shape index (κ1) is 15.0. The lowest BCUT2D eigenvalue weighted by Crippen LogP contribution is -2.00. The van der Waals surface area contributed by atoms with Crippen LogP contribution in [0.1, 0.15) is 11.3 Å². The lowest BCUT2D eigenvalue weighted by atomic mass is 10.2. The Morgan fingerprint density at radius 2 is 1.90 bits per heavy atom. The molecule has 5 nitrogen and oxygen atoms in total. The van der Waals surface area contributed by atoms with Crippen molar-refractivity contribution in [1.82, 2.24) is 9.97 Å². The summed E-state index contributed by atoms with van der Waals surface area (Å²) in [6, 6.07) is 7.25. The van der Waals surface area contributed by atoms with Crippen molar-refractivity contribution in [2.75, 3.05) is 0 Å². The van der Waals surface area contributed by atoms with Gasteiger partial charge in [-0.2, -0.15) is 0 Å². The number of benzene rings is 1. The lowest BCUT2D eigenvalue weighted by Gasteiger charge is -2.05. The van der Waals surface area contributed by atoms with E-state index in [1.54, 1.807) is 12.1 Å². The highest BCUT2D eigenvalue weighted by Gasteiger charge is 2.21. The first-order valence-corrected chi connectivity index (χ1v) is 7.27. The molecule has 104 valence electrons. The summed E-state index contributed by atoms with van der Waals surface area (Å²) in [5.74, 6) is 0.533. The number of aromatic nitrogens is 2. The maximum absolute atomic E-state index is 11.1. The number of rotatable bonds is 4. The van der Waals surface area contributed by atoms with E-state index in [1.807, 2.05) is 12.1 Å². The average molecular weight is 330 g/mol. The molecule has 2 aromatic rings. The van der Waals surface area contributed by atoms with E-state index >= 15 is 0 Å². The molecule has 2 rings (SSSR count). The Morgan fingerprint density at radius 3 is 2.50 bits per heavy atom. The molecule has 0 aliphatic heterocycles. The van der Waals surface area contributed by atoms with Crippen LogP contribution in [0.15, 0.2) is 29.3 Å². The van der Waals surface area contributed by atoms with E-state index in [0.717, 1.165) is 5.56 Å². The maximum Gasteiger partial charge on any atom is 0.322 e. The number of hydrogen-bond acceptors (Lipinski definition) is 5. The number of nitro groups is 1. The molecule has 0 saturated heterocycles. The molecule has 1 aromatic heterocycles. The fourth-order valence-corrected chi connectivity index (χ4v) is 2.94. The first-order valence-electron chi connectivity index (χ1n) is 5.53. The zero-order valence-electron chi connectivity index (χ0n) is 10.3. The SMILES string of the molecule is Cc1nc(Cl)nc(SCc2ccc(Cl)cc2)c1[N+](=O)[O-]. The molecule has 20 heavy (non-hydrogen) atoms. The van der Waals surface area contributed by atoms with Gasteiger partial charge in [-0.1, -0.05) is 35.5 Å². The van der Waals surface area contributed by atoms with E-state index < -0.39 is 4.92 Å². The molecule has 0 fully saturated rings. The van der Waals surface area contributed by atoms with E-state index in [1.165, 1.54) is 18.7 Å². The summed E-state index contributed by atoms with van der Waals surface area (Å²) in [6.07, 6.45) is 0. The van der Waals surface area contributed by atoms with Gasteiger partial charge in [-0.15, -0.1) is 0 Å². The van der Waals surface area contributed by atoms with Gasteiger partial charge in [0.1, 0.15) is 5.69 Å². The molecule has 1 aromatic carbocycles. The molecule has 0 atom stereocenters. The van der Waals surface area contributed by atoms with E-state index in [4.69, 9.17) is 23.2 Å². The van der Waals surface area contributed by atoms with Crippen LogP contribution in [0.2, 0.25) is 10.3 Å². The van der Waals surface area contributed by atoms with Crippen molar-refractivity contribution in [2.24, 2.45) is 0 Å². The highest BCUT2D eigenvalue weighted by Crippen LogP contribution is 2.32. The summed E-state index contributed by atoms with van der Waals surface area (Å²) in [5, 5.41) is 12.0. The fraction of sp³-hybridized carbons (Fsp3) is 0.167. The van der Waals surface area contributed by atoms with E-state index in [-0.39, 0.29) is 21.7 Å². The standard InChI is InChI=1S/C12H9Cl2N3O2S/c1-7-10(17(18)19)11(16-12(14)15-7)20-6-8-2-4-9(13)5-3-8/h2-5H,6H2,1H3. The van der Waals surface area contributed by atoms with Gasteiger partial charge in [0.2, 0.25) is 5.28 Å². The third kappa shape index (κ3) is 3.59. The van der Waals surface area contributed by atoms with Gasteiger partial charge in [-0.3, -0.25) is 10.1 Å². The topological polar surface area (TPSA) is 68.9 Å². The van der Waals surface area contributed by atoms with E-state index in [9.17, 15) is 10.1 Å². The van der Waals surface area contributed by atoms with Crippen LogP contribution in [0, 0.1) is 17.0 Å². The molecule has 0 unspecified atom stereocenters. The minimum absolute atomic E-state index is 0.00621. The van der Waals surface area contributed by atoms with E-state index in [2.05, 4.69) is 9.97 Å². The second kappa shape index (κ2) is 6.39. The minimum atomic E-state index is -0.490. The Balaban J connectivity index is 2.24. The fourth-order valence-electron chi connectivity index (χ4n) is 1.55. The van der Waals surface area contributed by atoms with Crippen LogP contribution < -0.4 is 0 Å². The summed E-state index contributed by atoms with van der Waals surface area (Å²) < 4.78 is 0. The monoisotopic (exact) mass is 329 g/mol. The van der Waals surface area contributed by atoms with Crippen LogP contribution >= 0.6 is 35.0 Å². The molecular formula is C12H9Cl2N3O2S. The highest BCUT2D eigenvalue weighted by atomic mass is 35.5. The largest absolute Gasteiger partial charge is 0.322 e. The summed E-state index contributed by atoms with van der Waals surface area (Å²) in [5.41, 5.74) is 1.14. The van der Waals surface area contributed by atoms with Gasteiger partial charge < -0.3 is 0 Å². The number of nitrogens with zero attached hydrogens (tertiary/aromatic N) is 3. The van der Waals surface area contributed by atoms with Crippen molar-refractivity contribution in [3.8, 4) is 0 Å². The van der Waals surface area contributed by atoms with Crippen molar-refractivity contribution in [2.45, 2.75) is 17.7 Å². The predicted octanol–water partition coefficient (Wildman–Crippen LogP) is 4.29. The van der Waals surface area contributed by atoms with Crippen LogP contribution in [0.4, 0.5) is 5.69 Å². The Bertz CT molecular complexity index is 650. The Labute approximate surface area is 129 Å². The summed E-state index contributed by atoms with van der Waals surface area (Å²) in [4.78, 5) is 18.3. The van der Waals surface area contributed by atoms with Gasteiger partial charge in [0, 0.05) is 10.8 Å². The normalized spacial score (nSPS) is 10.6. The summed E-state index contributed by atoms with van der Waals surface area (Å²) in [6.45, 7) is 1.54. The third-order valence-electron chi connectivity index (χ3n) is 2.47. The van der Waals surface area contributed by atoms with Gasteiger partial charge in [-0.05, 0) is 36.2 Å². The lowest BCUT2D eigenvalue weighted by molar-refractivity contribution is -0.389. The molecule has 0 bridgehead atoms. The Hall–Kier alpha value is -1.37. The van der Waals surface area contributed by atoms with Crippen molar-refractivity contribution in [3.63, 3.8) is 0 Å². The second-order valence-electron chi connectivity index (χ2n) is 3.90. The molecule has 0 aliphatic carbocycles. The van der Waals surface area contributed by atoms with Gasteiger partial charge in [-0.25, -0.2) is 9.97 Å². The second-order valence-corrected chi connectivity index (χ2v) is 5.64. The molecule has 0 amide bonds. The van der Waals surface area contributed by atoms with Crippen LogP contribution in [0.3, 0.4) is 0 Å². The van der Waals surface area contributed by atoms with Gasteiger partial charge in [0.05, 0.1) is 4.92 Å². The van der Waals surface area contributed by atoms with E-state index in [0.29, 0.717) is 10.8 Å². The summed E-state index contributed by atoms with van der Waals surface area (Å²) in [7, 11) is 0. The minimum Gasteiger partial charge on any atom is -0.258 e. The average Bonchev–Trinajstić information content (AvgIpc) is 2.36. The van der Waals surface area contributed by atoms with Crippen LogP contribution in [0.5, 0.6) is 0 Å². The van der Waals surface area contributed by atoms with Gasteiger partial charge in [0.15, 0.2) is 5.03 Å². The molecule has 1 heterocycles. The quantitative estimate of drug-likeness (QED) is 0.275. The molecule has 0 N–H and O–H groups in total. The highest BCUT2D eigenvalue weighted by molar-refractivity contribution is 7.98. The zero-order chi connectivity index (χ0) is 14.7. The Kier molecular flexibility index (Phi) is 4.80. The third-order valence-corrected chi connectivity index (χ3v) is 3.93. The van der Waals surface area contributed by atoms with Crippen molar-refractivity contribution < 1.29 is 4.92 Å². The number of aryl methyl sites for hydroxylation is 1.